The van der Waals surface area contributed by atoms with Crippen LogP contribution in [0.5, 0.6) is 0 Å². The topological polar surface area (TPSA) is 49.8 Å². The van der Waals surface area contributed by atoms with Gasteiger partial charge in [-0.2, -0.15) is 13.2 Å². The molecule has 3 rings (SSSR count). The first kappa shape index (κ1) is 14.9. The molecule has 1 aliphatic carbocycles. The van der Waals surface area contributed by atoms with E-state index in [9.17, 15) is 23.1 Å². The van der Waals surface area contributed by atoms with Crippen LogP contribution >= 0.6 is 0 Å². The highest BCUT2D eigenvalue weighted by molar-refractivity contribution is 5.70. The number of hydrogen-bond donors (Lipinski definition) is 1. The molecule has 7 heteroatoms. The van der Waals surface area contributed by atoms with Gasteiger partial charge in [-0.25, -0.2) is 4.79 Å². The van der Waals surface area contributed by atoms with Gasteiger partial charge < -0.3 is 9.84 Å². The number of amides is 1. The van der Waals surface area contributed by atoms with E-state index in [1.54, 1.807) is 4.90 Å². The van der Waals surface area contributed by atoms with Crippen molar-refractivity contribution < 1.29 is 27.8 Å². The summed E-state index contributed by atoms with van der Waals surface area (Å²) in [5.41, 5.74) is 0. The fourth-order valence-electron chi connectivity index (χ4n) is 4.59. The van der Waals surface area contributed by atoms with Crippen molar-refractivity contribution in [3.8, 4) is 0 Å². The van der Waals surface area contributed by atoms with Gasteiger partial charge >= 0.3 is 12.3 Å². The minimum Gasteiger partial charge on any atom is -0.447 e. The van der Waals surface area contributed by atoms with Crippen LogP contribution in [0.3, 0.4) is 0 Å². The number of nitrogens with zero attached hydrogens (tertiary/aromatic N) is 1. The summed E-state index contributed by atoms with van der Waals surface area (Å²) in [6.07, 6.45) is -4.82. The van der Waals surface area contributed by atoms with Gasteiger partial charge in [-0.05, 0) is 43.9 Å². The lowest BCUT2D eigenvalue weighted by Crippen LogP contribution is -2.57. The minimum atomic E-state index is -4.57. The molecule has 21 heavy (non-hydrogen) atoms. The third-order valence-electron chi connectivity index (χ3n) is 5.52. The molecule has 5 unspecified atom stereocenters. The molecule has 1 saturated carbocycles. The van der Waals surface area contributed by atoms with E-state index >= 15 is 0 Å². The van der Waals surface area contributed by atoms with E-state index in [1.165, 1.54) is 0 Å². The number of hydrogen-bond acceptors (Lipinski definition) is 3. The Morgan fingerprint density at radius 1 is 1.33 bits per heavy atom. The first-order valence-electron chi connectivity index (χ1n) is 7.50. The molecule has 1 N–H and O–H groups in total. The maximum Gasteiger partial charge on any atom is 0.414 e. The SMILES string of the molecule is CC1C2CCCC(C(O)C(F)(F)F)C2C[C@H]2COC(=O)N12. The van der Waals surface area contributed by atoms with E-state index in [0.717, 1.165) is 6.42 Å². The van der Waals surface area contributed by atoms with Crippen molar-refractivity contribution in [3.63, 3.8) is 0 Å². The zero-order valence-electron chi connectivity index (χ0n) is 11.8. The highest BCUT2D eigenvalue weighted by Gasteiger charge is 2.55. The summed E-state index contributed by atoms with van der Waals surface area (Å²) in [6.45, 7) is 2.14. The van der Waals surface area contributed by atoms with E-state index in [1.807, 2.05) is 6.92 Å². The Hall–Kier alpha value is -0.980. The number of aliphatic hydroxyl groups is 1. The molecule has 2 saturated heterocycles. The Morgan fingerprint density at radius 3 is 2.71 bits per heavy atom. The van der Waals surface area contributed by atoms with Crippen LogP contribution in [0.15, 0.2) is 0 Å². The zero-order valence-corrected chi connectivity index (χ0v) is 11.8. The molecule has 3 aliphatic rings. The molecule has 0 spiro atoms. The van der Waals surface area contributed by atoms with Gasteiger partial charge in [0.1, 0.15) is 6.61 Å². The second-order valence-electron chi connectivity index (χ2n) is 6.52. The first-order valence-corrected chi connectivity index (χ1v) is 7.50. The van der Waals surface area contributed by atoms with Crippen molar-refractivity contribution in [2.45, 2.75) is 57.0 Å². The van der Waals surface area contributed by atoms with Crippen molar-refractivity contribution in [1.29, 1.82) is 0 Å². The number of cyclic esters (lactones) is 1. The Kier molecular flexibility index (Phi) is 3.58. The quantitative estimate of drug-likeness (QED) is 0.810. The molecule has 0 radical (unpaired) electrons. The van der Waals surface area contributed by atoms with Crippen LogP contribution in [0.25, 0.3) is 0 Å². The second-order valence-corrected chi connectivity index (χ2v) is 6.52. The number of ether oxygens (including phenoxy) is 1. The third-order valence-corrected chi connectivity index (χ3v) is 5.52. The van der Waals surface area contributed by atoms with Gasteiger partial charge in [0.15, 0.2) is 6.10 Å². The van der Waals surface area contributed by atoms with E-state index in [-0.39, 0.29) is 36.6 Å². The summed E-state index contributed by atoms with van der Waals surface area (Å²) in [5, 5.41) is 9.69. The summed E-state index contributed by atoms with van der Waals surface area (Å²) >= 11 is 0. The smallest absolute Gasteiger partial charge is 0.414 e. The van der Waals surface area contributed by atoms with Crippen molar-refractivity contribution in [1.82, 2.24) is 4.90 Å². The Balaban J connectivity index is 1.83. The number of alkyl halides is 3. The maximum absolute atomic E-state index is 12.9. The van der Waals surface area contributed by atoms with Gasteiger partial charge in [0.25, 0.3) is 0 Å². The lowest BCUT2D eigenvalue weighted by Gasteiger charge is -2.50. The summed E-state index contributed by atoms with van der Waals surface area (Å²) in [6, 6.07) is -0.262. The van der Waals surface area contributed by atoms with Crippen molar-refractivity contribution in [3.05, 3.63) is 0 Å². The fraction of sp³-hybridized carbons (Fsp3) is 0.929. The monoisotopic (exact) mass is 307 g/mol. The van der Waals surface area contributed by atoms with Crippen LogP contribution in [0.2, 0.25) is 0 Å². The molecular formula is C14H20F3NO3. The maximum atomic E-state index is 12.9. The van der Waals surface area contributed by atoms with Gasteiger partial charge in [-0.15, -0.1) is 0 Å². The van der Waals surface area contributed by atoms with E-state index in [2.05, 4.69) is 0 Å². The molecule has 6 atom stereocenters. The lowest BCUT2D eigenvalue weighted by molar-refractivity contribution is -0.233. The number of rotatable bonds is 1. The van der Waals surface area contributed by atoms with Crippen molar-refractivity contribution in [2.24, 2.45) is 17.8 Å². The highest BCUT2D eigenvalue weighted by Crippen LogP contribution is 2.49. The van der Waals surface area contributed by atoms with Crippen molar-refractivity contribution >= 4 is 6.09 Å². The van der Waals surface area contributed by atoms with Crippen LogP contribution in [0.1, 0.15) is 32.6 Å². The normalized spacial score (nSPS) is 41.3. The summed E-state index contributed by atoms with van der Waals surface area (Å²) in [5.74, 6) is -0.937. The molecule has 120 valence electrons. The molecular weight excluding hydrogens is 287 g/mol. The van der Waals surface area contributed by atoms with Gasteiger partial charge in [0, 0.05) is 6.04 Å². The molecule has 2 aliphatic heterocycles. The van der Waals surface area contributed by atoms with E-state index in [0.29, 0.717) is 19.3 Å². The Labute approximate surface area is 121 Å². The zero-order chi connectivity index (χ0) is 15.4. The molecule has 0 aromatic rings. The largest absolute Gasteiger partial charge is 0.447 e. The highest BCUT2D eigenvalue weighted by atomic mass is 19.4. The molecule has 4 nitrogen and oxygen atoms in total. The molecule has 0 bridgehead atoms. The third kappa shape index (κ3) is 2.39. The van der Waals surface area contributed by atoms with E-state index in [4.69, 9.17) is 4.74 Å². The van der Waals surface area contributed by atoms with Gasteiger partial charge in [0.2, 0.25) is 0 Å². The summed E-state index contributed by atoms with van der Waals surface area (Å²) in [4.78, 5) is 13.4. The number of halogens is 3. The Bertz CT molecular complexity index is 428. The molecule has 0 aromatic carbocycles. The lowest BCUT2D eigenvalue weighted by atomic mass is 9.63. The molecule has 0 aromatic heterocycles. The predicted molar refractivity (Wildman–Crippen MR) is 67.4 cm³/mol. The fourth-order valence-corrected chi connectivity index (χ4v) is 4.59. The van der Waals surface area contributed by atoms with Crippen LogP contribution in [-0.2, 0) is 4.74 Å². The van der Waals surface area contributed by atoms with Crippen LogP contribution in [0.4, 0.5) is 18.0 Å². The van der Waals surface area contributed by atoms with Crippen molar-refractivity contribution in [2.75, 3.05) is 6.61 Å². The minimum absolute atomic E-state index is 0.0163. The van der Waals surface area contributed by atoms with Crippen LogP contribution < -0.4 is 0 Å². The number of aliphatic hydroxyl groups excluding tert-OH is 1. The molecule has 1 amide bonds. The number of carbonyl (C=O) groups is 1. The molecule has 2 heterocycles. The number of fused-ring (bicyclic) bond motifs is 2. The average molecular weight is 307 g/mol. The van der Waals surface area contributed by atoms with Gasteiger partial charge in [-0.3, -0.25) is 4.90 Å². The number of carbonyl (C=O) groups excluding carboxylic acids is 1. The van der Waals surface area contributed by atoms with Crippen LogP contribution in [0, 0.1) is 17.8 Å². The van der Waals surface area contributed by atoms with Crippen LogP contribution in [-0.4, -0.2) is 47.1 Å². The van der Waals surface area contributed by atoms with E-state index < -0.39 is 18.2 Å². The standard InChI is InChI=1S/C14H20F3NO3/c1-7-9-3-2-4-10(12(19)14(15,16)17)11(9)5-8-6-21-13(20)18(7)8/h7-12,19H,2-6H2,1H3/t7?,8-,9?,10?,11?,12?/m0/s1. The second kappa shape index (κ2) is 5.04. The van der Waals surface area contributed by atoms with Gasteiger partial charge in [0.05, 0.1) is 6.04 Å². The molecule has 3 fully saturated rings. The average Bonchev–Trinajstić information content (AvgIpc) is 2.78. The first-order chi connectivity index (χ1) is 9.80. The summed E-state index contributed by atoms with van der Waals surface area (Å²) in [7, 11) is 0. The van der Waals surface area contributed by atoms with Gasteiger partial charge in [-0.1, -0.05) is 6.42 Å². The summed E-state index contributed by atoms with van der Waals surface area (Å²) < 4.78 is 43.7. The number of piperidine rings is 1. The predicted octanol–water partition coefficient (Wildman–Crippen LogP) is 2.56. The Morgan fingerprint density at radius 2 is 2.05 bits per heavy atom.